The standard InChI is InChI=1S/C13H22FN3O2S/c1-10(2)15-8-11-7-12(14)9-16-13(11)17(3)5-6-20(4,18)19/h7,9-10,15H,5-6,8H2,1-4H3. The maximum absolute atomic E-state index is 13.3. The molecule has 20 heavy (non-hydrogen) atoms. The molecule has 0 saturated carbocycles. The molecule has 0 aliphatic carbocycles. The van der Waals surface area contributed by atoms with Crippen molar-refractivity contribution >= 4 is 15.7 Å². The highest BCUT2D eigenvalue weighted by molar-refractivity contribution is 7.90. The largest absolute Gasteiger partial charge is 0.358 e. The summed E-state index contributed by atoms with van der Waals surface area (Å²) in [6.07, 6.45) is 2.34. The highest BCUT2D eigenvalue weighted by Gasteiger charge is 2.13. The zero-order valence-corrected chi connectivity index (χ0v) is 13.2. The smallest absolute Gasteiger partial charge is 0.149 e. The number of hydrogen-bond acceptors (Lipinski definition) is 5. The molecule has 1 N–H and O–H groups in total. The number of hydrogen-bond donors (Lipinski definition) is 1. The Morgan fingerprint density at radius 3 is 2.65 bits per heavy atom. The van der Waals surface area contributed by atoms with Crippen LogP contribution in [-0.4, -0.2) is 45.0 Å². The molecule has 0 spiro atoms. The van der Waals surface area contributed by atoms with Crippen LogP contribution >= 0.6 is 0 Å². The molecule has 0 radical (unpaired) electrons. The fourth-order valence-corrected chi connectivity index (χ4v) is 2.28. The number of nitrogens with zero attached hydrogens (tertiary/aromatic N) is 2. The van der Waals surface area contributed by atoms with E-state index in [-0.39, 0.29) is 11.8 Å². The van der Waals surface area contributed by atoms with E-state index < -0.39 is 15.7 Å². The van der Waals surface area contributed by atoms with Gasteiger partial charge < -0.3 is 10.2 Å². The number of aromatic nitrogens is 1. The molecule has 0 atom stereocenters. The average molecular weight is 303 g/mol. The van der Waals surface area contributed by atoms with Crippen molar-refractivity contribution in [2.45, 2.75) is 26.4 Å². The Morgan fingerprint density at radius 2 is 2.10 bits per heavy atom. The van der Waals surface area contributed by atoms with Crippen molar-refractivity contribution in [1.29, 1.82) is 0 Å². The fraction of sp³-hybridized carbons (Fsp3) is 0.615. The molecule has 0 unspecified atom stereocenters. The summed E-state index contributed by atoms with van der Waals surface area (Å²) in [5.74, 6) is 0.244. The average Bonchev–Trinajstić information content (AvgIpc) is 2.32. The molecule has 1 rings (SSSR count). The Kier molecular flexibility index (Phi) is 5.88. The van der Waals surface area contributed by atoms with Crippen LogP contribution in [0.1, 0.15) is 19.4 Å². The van der Waals surface area contributed by atoms with Crippen LogP contribution in [0, 0.1) is 5.82 Å². The lowest BCUT2D eigenvalue weighted by atomic mass is 10.2. The third-order valence-corrected chi connectivity index (χ3v) is 3.69. The van der Waals surface area contributed by atoms with Crippen molar-refractivity contribution in [2.24, 2.45) is 0 Å². The molecule has 0 fully saturated rings. The van der Waals surface area contributed by atoms with Gasteiger partial charge in [0.05, 0.1) is 11.9 Å². The van der Waals surface area contributed by atoms with Gasteiger partial charge in [0.25, 0.3) is 0 Å². The van der Waals surface area contributed by atoms with Gasteiger partial charge in [0.2, 0.25) is 0 Å². The Morgan fingerprint density at radius 1 is 1.45 bits per heavy atom. The molecule has 0 amide bonds. The van der Waals surface area contributed by atoms with Crippen LogP contribution in [0.4, 0.5) is 10.2 Å². The molecule has 0 aromatic carbocycles. The first-order valence-corrected chi connectivity index (χ1v) is 8.52. The topological polar surface area (TPSA) is 62.3 Å². The highest BCUT2D eigenvalue weighted by Crippen LogP contribution is 2.17. The van der Waals surface area contributed by atoms with Crippen molar-refractivity contribution in [3.05, 3.63) is 23.6 Å². The van der Waals surface area contributed by atoms with Crippen molar-refractivity contribution in [2.75, 3.05) is 30.5 Å². The molecule has 5 nitrogen and oxygen atoms in total. The molecular formula is C13H22FN3O2S. The van der Waals surface area contributed by atoms with Gasteiger partial charge in [-0.3, -0.25) is 0 Å². The summed E-state index contributed by atoms with van der Waals surface area (Å²) < 4.78 is 35.7. The lowest BCUT2D eigenvalue weighted by Gasteiger charge is -2.21. The molecule has 0 bridgehead atoms. The van der Waals surface area contributed by atoms with E-state index in [9.17, 15) is 12.8 Å². The Labute approximate surface area is 120 Å². The van der Waals surface area contributed by atoms with Gasteiger partial charge >= 0.3 is 0 Å². The predicted octanol–water partition coefficient (Wildman–Crippen LogP) is 1.20. The normalized spacial score (nSPS) is 11.9. The molecular weight excluding hydrogens is 281 g/mol. The van der Waals surface area contributed by atoms with Crippen LogP contribution in [0.5, 0.6) is 0 Å². The third-order valence-electron chi connectivity index (χ3n) is 2.77. The number of halogens is 1. The first-order chi connectivity index (χ1) is 9.19. The van der Waals surface area contributed by atoms with E-state index in [1.165, 1.54) is 12.3 Å². The van der Waals surface area contributed by atoms with E-state index in [4.69, 9.17) is 0 Å². The number of rotatable bonds is 7. The van der Waals surface area contributed by atoms with Crippen LogP contribution in [0.15, 0.2) is 12.3 Å². The quantitative estimate of drug-likeness (QED) is 0.820. The van der Waals surface area contributed by atoms with E-state index in [2.05, 4.69) is 10.3 Å². The summed E-state index contributed by atoms with van der Waals surface area (Å²) in [5.41, 5.74) is 0.717. The lowest BCUT2D eigenvalue weighted by Crippen LogP contribution is -2.29. The maximum Gasteiger partial charge on any atom is 0.149 e. The monoisotopic (exact) mass is 303 g/mol. The molecule has 1 aromatic heterocycles. The minimum absolute atomic E-state index is 0.0413. The van der Waals surface area contributed by atoms with Gasteiger partial charge in [-0.25, -0.2) is 17.8 Å². The number of anilines is 1. The predicted molar refractivity (Wildman–Crippen MR) is 79.2 cm³/mol. The lowest BCUT2D eigenvalue weighted by molar-refractivity contribution is 0.577. The summed E-state index contributed by atoms with van der Waals surface area (Å²) in [6, 6.07) is 1.70. The second kappa shape index (κ2) is 6.99. The van der Waals surface area contributed by atoms with Crippen molar-refractivity contribution in [1.82, 2.24) is 10.3 Å². The first kappa shape index (κ1) is 16.8. The van der Waals surface area contributed by atoms with Crippen molar-refractivity contribution in [3.63, 3.8) is 0 Å². The fourth-order valence-electron chi connectivity index (χ4n) is 1.67. The maximum atomic E-state index is 13.3. The van der Waals surface area contributed by atoms with Crippen LogP contribution in [0.2, 0.25) is 0 Å². The zero-order valence-electron chi connectivity index (χ0n) is 12.4. The van der Waals surface area contributed by atoms with E-state index >= 15 is 0 Å². The van der Waals surface area contributed by atoms with E-state index in [0.717, 1.165) is 11.8 Å². The Bertz CT molecular complexity index is 547. The summed E-state index contributed by atoms with van der Waals surface area (Å²) in [5, 5.41) is 3.21. The molecule has 114 valence electrons. The highest BCUT2D eigenvalue weighted by atomic mass is 32.2. The van der Waals surface area contributed by atoms with Gasteiger partial charge in [0.15, 0.2) is 0 Å². The van der Waals surface area contributed by atoms with Crippen LogP contribution < -0.4 is 10.2 Å². The van der Waals surface area contributed by atoms with Gasteiger partial charge in [-0.05, 0) is 6.07 Å². The molecule has 0 aliphatic rings. The second-order valence-corrected chi connectivity index (χ2v) is 7.48. The van der Waals surface area contributed by atoms with E-state index in [1.54, 1.807) is 11.9 Å². The van der Waals surface area contributed by atoms with Crippen LogP contribution in [0.25, 0.3) is 0 Å². The SMILES string of the molecule is CC(C)NCc1cc(F)cnc1N(C)CCS(C)(=O)=O. The number of sulfone groups is 1. The molecule has 1 aromatic rings. The van der Waals surface area contributed by atoms with Gasteiger partial charge in [-0.1, -0.05) is 13.8 Å². The second-order valence-electron chi connectivity index (χ2n) is 5.22. The van der Waals surface area contributed by atoms with Crippen LogP contribution in [-0.2, 0) is 16.4 Å². The van der Waals surface area contributed by atoms with Gasteiger partial charge in [0.1, 0.15) is 21.5 Å². The Balaban J connectivity index is 2.86. The summed E-state index contributed by atoms with van der Waals surface area (Å²) >= 11 is 0. The summed E-state index contributed by atoms with van der Waals surface area (Å²) in [4.78, 5) is 5.81. The third kappa shape index (κ3) is 5.83. The molecule has 0 aliphatic heterocycles. The molecule has 1 heterocycles. The minimum atomic E-state index is -3.03. The summed E-state index contributed by atoms with van der Waals surface area (Å²) in [7, 11) is -1.28. The van der Waals surface area contributed by atoms with Crippen molar-refractivity contribution < 1.29 is 12.8 Å². The van der Waals surface area contributed by atoms with Crippen molar-refractivity contribution in [3.8, 4) is 0 Å². The summed E-state index contributed by atoms with van der Waals surface area (Å²) in [6.45, 7) is 4.81. The molecule has 7 heteroatoms. The Hall–Kier alpha value is -1.21. The van der Waals surface area contributed by atoms with E-state index in [1.807, 2.05) is 13.8 Å². The van der Waals surface area contributed by atoms with Crippen LogP contribution in [0.3, 0.4) is 0 Å². The van der Waals surface area contributed by atoms with Gasteiger partial charge in [-0.2, -0.15) is 0 Å². The molecule has 0 saturated heterocycles. The minimum Gasteiger partial charge on any atom is -0.358 e. The van der Waals surface area contributed by atoms with Gasteiger partial charge in [-0.15, -0.1) is 0 Å². The number of nitrogens with one attached hydrogen (secondary N) is 1. The first-order valence-electron chi connectivity index (χ1n) is 6.45. The van der Waals surface area contributed by atoms with E-state index in [0.29, 0.717) is 18.9 Å². The zero-order chi connectivity index (χ0) is 15.3. The van der Waals surface area contributed by atoms with Gasteiger partial charge in [0, 0.05) is 38.0 Å². The number of pyridine rings is 1.